The van der Waals surface area contributed by atoms with Gasteiger partial charge in [-0.05, 0) is 87.3 Å². The second-order valence-electron chi connectivity index (χ2n) is 11.5. The average Bonchev–Trinajstić information content (AvgIpc) is 3.43. The first-order valence-corrected chi connectivity index (χ1v) is 18.2. The van der Waals surface area contributed by atoms with Gasteiger partial charge in [0.2, 0.25) is 0 Å². The molecular weight excluding hydrogens is 474 g/mol. The summed E-state index contributed by atoms with van der Waals surface area (Å²) >= 11 is 0. The molecule has 0 bridgehead atoms. The summed E-state index contributed by atoms with van der Waals surface area (Å²) in [7, 11) is -1.92. The Hall–Kier alpha value is -1.82. The smallest absolute Gasteiger partial charge is 0.185 e. The van der Waals surface area contributed by atoms with Gasteiger partial charge in [-0.2, -0.15) is 0 Å². The van der Waals surface area contributed by atoms with Gasteiger partial charge in [-0.3, -0.25) is 0 Å². The highest BCUT2D eigenvalue weighted by atomic mass is 28.4. The van der Waals surface area contributed by atoms with Crippen LogP contribution in [0.1, 0.15) is 89.2 Å². The normalized spacial score (nSPS) is 16.2. The van der Waals surface area contributed by atoms with Gasteiger partial charge >= 0.3 is 0 Å². The highest BCUT2D eigenvalue weighted by Crippen LogP contribution is 2.43. The molecule has 2 aromatic rings. The van der Waals surface area contributed by atoms with E-state index >= 15 is 0 Å². The van der Waals surface area contributed by atoms with E-state index in [0.717, 1.165) is 50.5 Å². The van der Waals surface area contributed by atoms with Crippen LogP contribution in [0.25, 0.3) is 0 Å². The summed E-state index contributed by atoms with van der Waals surface area (Å²) in [5.41, 5.74) is 1.85. The maximum Gasteiger partial charge on any atom is 0.185 e. The van der Waals surface area contributed by atoms with Crippen LogP contribution in [0.3, 0.4) is 0 Å². The second kappa shape index (κ2) is 14.9. The fourth-order valence-electron chi connectivity index (χ4n) is 5.31. The summed E-state index contributed by atoms with van der Waals surface area (Å²) in [4.78, 5) is 0. The van der Waals surface area contributed by atoms with Crippen molar-refractivity contribution >= 4 is 8.32 Å². The number of unbranched alkanes of at least 4 members (excludes halogenated alkanes) is 6. The Labute approximate surface area is 227 Å². The molecule has 1 fully saturated rings. The number of hydrogen-bond donors (Lipinski definition) is 1. The van der Waals surface area contributed by atoms with Crippen molar-refractivity contribution in [2.24, 2.45) is 0 Å². The molecule has 1 heterocycles. The topological polar surface area (TPSA) is 39.7 Å². The van der Waals surface area contributed by atoms with Gasteiger partial charge < -0.3 is 19.2 Å². The molecule has 1 aliphatic rings. The number of benzene rings is 2. The third-order valence-electron chi connectivity index (χ3n) is 7.12. The molecule has 0 aliphatic carbocycles. The van der Waals surface area contributed by atoms with Gasteiger partial charge in [0, 0.05) is 6.04 Å². The molecule has 5 heteroatoms. The molecule has 1 N–H and O–H groups in total. The molecule has 0 saturated carbocycles. The Morgan fingerprint density at radius 1 is 0.730 bits per heavy atom. The highest BCUT2D eigenvalue weighted by molar-refractivity contribution is 6.69. The minimum atomic E-state index is -1.92. The van der Waals surface area contributed by atoms with Crippen molar-refractivity contribution in [1.29, 1.82) is 0 Å². The van der Waals surface area contributed by atoms with E-state index in [4.69, 9.17) is 13.9 Å². The van der Waals surface area contributed by atoms with Crippen LogP contribution in [0.5, 0.6) is 11.5 Å². The fourth-order valence-corrected chi connectivity index (χ4v) is 6.65. The molecule has 2 aromatic carbocycles. The molecule has 1 saturated heterocycles. The molecule has 3 rings (SSSR count). The van der Waals surface area contributed by atoms with E-state index < -0.39 is 13.9 Å². The van der Waals surface area contributed by atoms with E-state index in [1.54, 1.807) is 0 Å². The number of ether oxygens (including phenoxy) is 2. The van der Waals surface area contributed by atoms with Crippen LogP contribution in [0.2, 0.25) is 19.6 Å². The number of rotatable bonds is 17. The van der Waals surface area contributed by atoms with Gasteiger partial charge in [0.15, 0.2) is 8.32 Å². The molecule has 0 amide bonds. The SMILES string of the molecule is CCCCCCOc1ccc(C(O[Si](C)(C)C)(c2ccc(OCCCCCC)cc2)[C@@H]2CCCN2)cc1. The van der Waals surface area contributed by atoms with Crippen LogP contribution >= 0.6 is 0 Å². The first kappa shape index (κ1) is 29.7. The zero-order valence-corrected chi connectivity index (χ0v) is 25.1. The minimum Gasteiger partial charge on any atom is -0.494 e. The van der Waals surface area contributed by atoms with Gasteiger partial charge in [0.05, 0.1) is 13.2 Å². The Balaban J connectivity index is 1.86. The van der Waals surface area contributed by atoms with Gasteiger partial charge in [-0.15, -0.1) is 0 Å². The predicted molar refractivity (Wildman–Crippen MR) is 158 cm³/mol. The zero-order valence-electron chi connectivity index (χ0n) is 24.1. The fraction of sp³-hybridized carbons (Fsp3) is 0.625. The van der Waals surface area contributed by atoms with Crippen molar-refractivity contribution in [2.75, 3.05) is 19.8 Å². The molecule has 0 spiro atoms. The van der Waals surface area contributed by atoms with E-state index in [-0.39, 0.29) is 6.04 Å². The predicted octanol–water partition coefficient (Wildman–Crippen LogP) is 8.45. The van der Waals surface area contributed by atoms with Crippen LogP contribution < -0.4 is 14.8 Å². The Morgan fingerprint density at radius 2 is 1.22 bits per heavy atom. The lowest BCUT2D eigenvalue weighted by molar-refractivity contribution is 0.0638. The van der Waals surface area contributed by atoms with Crippen molar-refractivity contribution in [3.05, 3.63) is 59.7 Å². The standard InChI is InChI=1S/C32H51NO3Si/c1-6-8-10-12-25-34-29-20-16-27(17-21-29)32(36-37(3,4)5,31-15-14-24-33-31)28-18-22-30(23-19-28)35-26-13-11-9-7-2/h16-23,31,33H,6-15,24-26H2,1-5H3/t31-/m0/s1. The zero-order chi connectivity index (χ0) is 26.6. The molecule has 0 aromatic heterocycles. The largest absolute Gasteiger partial charge is 0.494 e. The Kier molecular flexibility index (Phi) is 12.0. The van der Waals surface area contributed by atoms with Crippen molar-refractivity contribution in [3.63, 3.8) is 0 Å². The second-order valence-corrected chi connectivity index (χ2v) is 15.9. The summed E-state index contributed by atoms with van der Waals surface area (Å²) in [6.45, 7) is 13.9. The minimum absolute atomic E-state index is 0.223. The average molecular weight is 526 g/mol. The van der Waals surface area contributed by atoms with Gasteiger partial charge in [-0.1, -0.05) is 76.6 Å². The van der Waals surface area contributed by atoms with Crippen LogP contribution in [0.4, 0.5) is 0 Å². The van der Waals surface area contributed by atoms with Crippen LogP contribution in [0, 0.1) is 0 Å². The molecule has 4 nitrogen and oxygen atoms in total. The summed E-state index contributed by atoms with van der Waals surface area (Å²) in [5, 5.41) is 3.79. The van der Waals surface area contributed by atoms with Crippen molar-refractivity contribution in [3.8, 4) is 11.5 Å². The quantitative estimate of drug-likeness (QED) is 0.166. The van der Waals surface area contributed by atoms with E-state index in [0.29, 0.717) is 0 Å². The van der Waals surface area contributed by atoms with Crippen LogP contribution in [-0.4, -0.2) is 34.1 Å². The van der Waals surface area contributed by atoms with Crippen LogP contribution in [0.15, 0.2) is 48.5 Å². The Morgan fingerprint density at radius 3 is 1.59 bits per heavy atom. The Bertz CT molecular complexity index is 828. The van der Waals surface area contributed by atoms with Gasteiger partial charge in [0.1, 0.15) is 17.1 Å². The van der Waals surface area contributed by atoms with Gasteiger partial charge in [-0.25, -0.2) is 0 Å². The summed E-state index contributed by atoms with van der Waals surface area (Å²) in [6, 6.07) is 17.6. The molecule has 1 atom stereocenters. The lowest BCUT2D eigenvalue weighted by Crippen LogP contribution is -2.53. The molecule has 0 radical (unpaired) electrons. The maximum absolute atomic E-state index is 7.21. The monoisotopic (exact) mass is 525 g/mol. The van der Waals surface area contributed by atoms with Crippen molar-refractivity contribution < 1.29 is 13.9 Å². The highest BCUT2D eigenvalue weighted by Gasteiger charge is 2.47. The third-order valence-corrected chi connectivity index (χ3v) is 8.05. The summed E-state index contributed by atoms with van der Waals surface area (Å²) in [6.07, 6.45) is 12.0. The molecule has 1 aliphatic heterocycles. The lowest BCUT2D eigenvalue weighted by atomic mass is 9.79. The van der Waals surface area contributed by atoms with Gasteiger partial charge in [0.25, 0.3) is 0 Å². The number of hydrogen-bond acceptors (Lipinski definition) is 4. The first-order chi connectivity index (χ1) is 17.9. The molecule has 0 unspecified atom stereocenters. The van der Waals surface area contributed by atoms with E-state index in [1.165, 1.54) is 56.1 Å². The molecule has 37 heavy (non-hydrogen) atoms. The third kappa shape index (κ3) is 8.87. The summed E-state index contributed by atoms with van der Waals surface area (Å²) < 4.78 is 19.3. The lowest BCUT2D eigenvalue weighted by Gasteiger charge is -2.44. The maximum atomic E-state index is 7.21. The van der Waals surface area contributed by atoms with Crippen LogP contribution in [-0.2, 0) is 10.0 Å². The molecular formula is C32H51NO3Si. The van der Waals surface area contributed by atoms with Crippen molar-refractivity contribution in [2.45, 2.75) is 109 Å². The van der Waals surface area contributed by atoms with E-state index in [9.17, 15) is 0 Å². The molecule has 206 valence electrons. The van der Waals surface area contributed by atoms with Crippen molar-refractivity contribution in [1.82, 2.24) is 5.32 Å². The summed E-state index contributed by atoms with van der Waals surface area (Å²) in [5.74, 6) is 1.88. The number of nitrogens with one attached hydrogen (secondary N) is 1. The van der Waals surface area contributed by atoms with E-state index in [2.05, 4.69) is 87.3 Å². The first-order valence-electron chi connectivity index (χ1n) is 14.8. The van der Waals surface area contributed by atoms with E-state index in [1.807, 2.05) is 0 Å².